The van der Waals surface area contributed by atoms with Crippen LogP contribution in [0.15, 0.2) is 115 Å². The van der Waals surface area contributed by atoms with Crippen molar-refractivity contribution in [2.75, 3.05) is 4.90 Å². The van der Waals surface area contributed by atoms with E-state index < -0.39 is 5.97 Å². The van der Waals surface area contributed by atoms with Crippen molar-refractivity contribution in [1.82, 2.24) is 0 Å². The fourth-order valence-electron chi connectivity index (χ4n) is 7.14. The largest absolute Gasteiger partial charge is 0.477 e. The summed E-state index contributed by atoms with van der Waals surface area (Å²) in [7, 11) is 0. The first-order valence-corrected chi connectivity index (χ1v) is 14.9. The Hall–Kier alpha value is -5.40. The zero-order valence-corrected chi connectivity index (χ0v) is 25.2. The Bertz CT molecular complexity index is 1950. The maximum Gasteiger partial charge on any atom is 0.346 e. The third kappa shape index (κ3) is 4.08. The number of hydrogen-bond acceptors (Lipinski definition) is 3. The Morgan fingerprint density at radius 1 is 0.636 bits per heavy atom. The number of carboxylic acid groups (broad SMARTS) is 1. The highest BCUT2D eigenvalue weighted by Crippen LogP contribution is 2.52. The van der Waals surface area contributed by atoms with Gasteiger partial charge >= 0.3 is 5.97 Å². The number of hydrogen-bond donors (Lipinski definition) is 1. The monoisotopic (exact) mass is 572 g/mol. The van der Waals surface area contributed by atoms with Crippen LogP contribution < -0.4 is 4.90 Å². The minimum absolute atomic E-state index is 0.144. The average molecular weight is 573 g/mol. The molecule has 0 heterocycles. The molecule has 2 aliphatic carbocycles. The summed E-state index contributed by atoms with van der Waals surface area (Å²) < 4.78 is 0. The van der Waals surface area contributed by atoms with Crippen molar-refractivity contribution in [3.63, 3.8) is 0 Å². The number of carboxylic acids is 1. The van der Waals surface area contributed by atoms with E-state index in [4.69, 9.17) is 0 Å². The van der Waals surface area contributed by atoms with E-state index in [9.17, 15) is 15.2 Å². The Morgan fingerprint density at radius 2 is 1.07 bits per heavy atom. The second kappa shape index (κ2) is 9.82. The Labute approximate surface area is 258 Å². The topological polar surface area (TPSA) is 64.3 Å². The molecule has 7 rings (SSSR count). The van der Waals surface area contributed by atoms with Crippen molar-refractivity contribution in [3.8, 4) is 28.3 Å². The molecule has 0 amide bonds. The van der Waals surface area contributed by atoms with Gasteiger partial charge in [0.2, 0.25) is 0 Å². The lowest BCUT2D eigenvalue weighted by Gasteiger charge is -2.29. The van der Waals surface area contributed by atoms with Crippen molar-refractivity contribution in [1.29, 1.82) is 5.26 Å². The van der Waals surface area contributed by atoms with E-state index in [2.05, 4.69) is 118 Å². The highest BCUT2D eigenvalue weighted by molar-refractivity contribution is 5.96. The third-order valence-corrected chi connectivity index (χ3v) is 9.46. The van der Waals surface area contributed by atoms with Crippen LogP contribution in [0.3, 0.4) is 0 Å². The predicted molar refractivity (Wildman–Crippen MR) is 177 cm³/mol. The molecule has 0 aromatic heterocycles. The number of carbonyl (C=O) groups is 1. The molecule has 0 spiro atoms. The van der Waals surface area contributed by atoms with Crippen LogP contribution in [-0.4, -0.2) is 11.1 Å². The van der Waals surface area contributed by atoms with Crippen LogP contribution in [0.1, 0.15) is 55.5 Å². The van der Waals surface area contributed by atoms with Gasteiger partial charge in [-0.05, 0) is 92.5 Å². The van der Waals surface area contributed by atoms with Gasteiger partial charge in [-0.25, -0.2) is 4.79 Å². The van der Waals surface area contributed by atoms with Crippen LogP contribution in [0.25, 0.3) is 28.3 Å². The Kier molecular flexibility index (Phi) is 6.13. The molecule has 0 atom stereocenters. The minimum Gasteiger partial charge on any atom is -0.477 e. The quantitative estimate of drug-likeness (QED) is 0.168. The van der Waals surface area contributed by atoms with Gasteiger partial charge in [-0.1, -0.05) is 100 Å². The number of fused-ring (bicyclic) bond motifs is 6. The van der Waals surface area contributed by atoms with E-state index in [1.807, 2.05) is 24.3 Å². The van der Waals surface area contributed by atoms with Crippen LogP contribution >= 0.6 is 0 Å². The van der Waals surface area contributed by atoms with Gasteiger partial charge in [0.1, 0.15) is 11.6 Å². The molecule has 44 heavy (non-hydrogen) atoms. The van der Waals surface area contributed by atoms with Gasteiger partial charge < -0.3 is 10.0 Å². The second-order valence-electron chi connectivity index (χ2n) is 12.7. The lowest BCUT2D eigenvalue weighted by Crippen LogP contribution is -2.18. The van der Waals surface area contributed by atoms with Crippen molar-refractivity contribution in [3.05, 3.63) is 143 Å². The summed E-state index contributed by atoms with van der Waals surface area (Å²) in [6.45, 7) is 9.16. The van der Waals surface area contributed by atoms with E-state index in [0.717, 1.165) is 17.1 Å². The van der Waals surface area contributed by atoms with Gasteiger partial charge in [0.05, 0.1) is 0 Å². The molecule has 5 aromatic rings. The standard InChI is InChI=1S/C40H32N2O2/c1-39(2)34-11-7-5-9-30(34)32-19-17-28(22-36(32)39)42(27-15-13-25(14-16-27)21-26(24-41)38(43)44)29-18-20-33-31-10-6-8-12-35(31)40(3,4)37(33)23-29/h5-23H,1-4H3,(H,43,44)/b26-21-. The molecule has 4 nitrogen and oxygen atoms in total. The summed E-state index contributed by atoms with van der Waals surface area (Å²) in [5.74, 6) is -1.23. The lowest BCUT2D eigenvalue weighted by atomic mass is 9.82. The number of nitriles is 1. The van der Waals surface area contributed by atoms with Gasteiger partial charge in [0, 0.05) is 27.9 Å². The molecule has 4 heteroatoms. The maximum atomic E-state index is 11.4. The van der Waals surface area contributed by atoms with Gasteiger partial charge in [0.15, 0.2) is 0 Å². The highest BCUT2D eigenvalue weighted by Gasteiger charge is 2.37. The number of aliphatic carboxylic acids is 1. The van der Waals surface area contributed by atoms with E-state index in [-0.39, 0.29) is 16.4 Å². The molecule has 0 saturated carbocycles. The molecule has 0 saturated heterocycles. The predicted octanol–water partition coefficient (Wildman–Crippen LogP) is 9.76. The van der Waals surface area contributed by atoms with Crippen molar-refractivity contribution in [2.45, 2.75) is 38.5 Å². The summed E-state index contributed by atoms with van der Waals surface area (Å²) in [4.78, 5) is 13.7. The molecular weight excluding hydrogens is 540 g/mol. The number of nitrogens with zero attached hydrogens (tertiary/aromatic N) is 2. The van der Waals surface area contributed by atoms with Crippen LogP contribution in [-0.2, 0) is 15.6 Å². The fraction of sp³-hybridized carbons (Fsp3) is 0.150. The molecule has 5 aromatic carbocycles. The first kappa shape index (κ1) is 27.4. The summed E-state index contributed by atoms with van der Waals surface area (Å²) in [6.07, 6.45) is 1.40. The SMILES string of the molecule is CC1(C)c2ccccc2-c2ccc(N(c3ccc(/C=C(/C#N)C(=O)O)cc3)c3ccc4c(c3)C(C)(C)c3ccccc3-4)cc21. The highest BCUT2D eigenvalue weighted by atomic mass is 16.4. The zero-order chi connectivity index (χ0) is 30.8. The Morgan fingerprint density at radius 3 is 1.52 bits per heavy atom. The number of anilines is 3. The molecule has 1 N–H and O–H groups in total. The van der Waals surface area contributed by atoms with Crippen molar-refractivity contribution in [2.24, 2.45) is 0 Å². The zero-order valence-electron chi connectivity index (χ0n) is 25.2. The Balaban J connectivity index is 1.39. The van der Waals surface area contributed by atoms with E-state index in [1.165, 1.54) is 50.6 Å². The molecule has 2 aliphatic rings. The van der Waals surface area contributed by atoms with E-state index in [1.54, 1.807) is 6.07 Å². The van der Waals surface area contributed by atoms with Gasteiger partial charge in [-0.2, -0.15) is 5.26 Å². The molecule has 0 fully saturated rings. The third-order valence-electron chi connectivity index (χ3n) is 9.46. The van der Waals surface area contributed by atoms with Crippen molar-refractivity contribution >= 4 is 29.1 Å². The van der Waals surface area contributed by atoms with Crippen molar-refractivity contribution < 1.29 is 9.90 Å². The fourth-order valence-corrected chi connectivity index (χ4v) is 7.14. The molecular formula is C40H32N2O2. The van der Waals surface area contributed by atoms with Gasteiger partial charge in [-0.15, -0.1) is 0 Å². The van der Waals surface area contributed by atoms with Gasteiger partial charge in [-0.3, -0.25) is 0 Å². The van der Waals surface area contributed by atoms with Gasteiger partial charge in [0.25, 0.3) is 0 Å². The average Bonchev–Trinajstić information content (AvgIpc) is 3.40. The van der Waals surface area contributed by atoms with Crippen LogP contribution in [0.4, 0.5) is 17.1 Å². The van der Waals surface area contributed by atoms with Crippen LogP contribution in [0, 0.1) is 11.3 Å². The van der Waals surface area contributed by atoms with E-state index >= 15 is 0 Å². The summed E-state index contributed by atoms with van der Waals surface area (Å²) in [5, 5.41) is 18.6. The first-order chi connectivity index (χ1) is 21.1. The molecule has 0 bridgehead atoms. The second-order valence-corrected chi connectivity index (χ2v) is 12.7. The summed E-state index contributed by atoms with van der Waals surface area (Å²) >= 11 is 0. The van der Waals surface area contributed by atoms with E-state index in [0.29, 0.717) is 5.56 Å². The summed E-state index contributed by atoms with van der Waals surface area (Å²) in [6, 6.07) is 40.3. The molecule has 0 radical (unpaired) electrons. The smallest absolute Gasteiger partial charge is 0.346 e. The minimum atomic E-state index is -1.23. The summed E-state index contributed by atoms with van der Waals surface area (Å²) in [5.41, 5.74) is 13.4. The van der Waals surface area contributed by atoms with Crippen LogP contribution in [0.2, 0.25) is 0 Å². The molecule has 0 aliphatic heterocycles. The normalized spacial score (nSPS) is 15.0. The maximum absolute atomic E-state index is 11.4. The van der Waals surface area contributed by atoms with Crippen LogP contribution in [0.5, 0.6) is 0 Å². The first-order valence-electron chi connectivity index (χ1n) is 14.9. The molecule has 0 unspecified atom stereocenters. The number of rotatable bonds is 5. The molecule has 214 valence electrons. The lowest BCUT2D eigenvalue weighted by molar-refractivity contribution is -0.132. The number of benzene rings is 5.